The Morgan fingerprint density at radius 3 is 2.40 bits per heavy atom. The van der Waals surface area contributed by atoms with Crippen molar-refractivity contribution in [3.63, 3.8) is 0 Å². The summed E-state index contributed by atoms with van der Waals surface area (Å²) in [5.74, 6) is 1.43. The normalized spacial score (nSPS) is 12.1. The SMILES string of the molecule is COc1ccc(C(Cl)c2cc(Cl)ccc2I)c(OC)c1. The van der Waals surface area contributed by atoms with Crippen LogP contribution in [0.3, 0.4) is 0 Å². The van der Waals surface area contributed by atoms with Crippen LogP contribution >= 0.6 is 45.8 Å². The van der Waals surface area contributed by atoms with Crippen molar-refractivity contribution in [3.8, 4) is 11.5 Å². The van der Waals surface area contributed by atoms with Crippen molar-refractivity contribution < 1.29 is 9.47 Å². The fourth-order valence-electron chi connectivity index (χ4n) is 1.90. The van der Waals surface area contributed by atoms with Gasteiger partial charge in [0.2, 0.25) is 0 Å². The highest BCUT2D eigenvalue weighted by Gasteiger charge is 2.19. The van der Waals surface area contributed by atoms with Gasteiger partial charge in [-0.2, -0.15) is 0 Å². The van der Waals surface area contributed by atoms with Crippen LogP contribution in [0.15, 0.2) is 36.4 Å². The smallest absolute Gasteiger partial charge is 0.127 e. The second kappa shape index (κ2) is 6.87. The maximum atomic E-state index is 6.60. The lowest BCUT2D eigenvalue weighted by molar-refractivity contribution is 0.391. The molecule has 0 radical (unpaired) electrons. The van der Waals surface area contributed by atoms with Gasteiger partial charge in [-0.1, -0.05) is 11.6 Å². The first kappa shape index (κ1) is 15.7. The van der Waals surface area contributed by atoms with Crippen LogP contribution in [0.1, 0.15) is 16.5 Å². The minimum absolute atomic E-state index is 0.332. The first-order valence-corrected chi connectivity index (χ1v) is 7.77. The molecule has 2 rings (SSSR count). The molecule has 0 bridgehead atoms. The Kier molecular flexibility index (Phi) is 5.41. The first-order valence-electron chi connectivity index (χ1n) is 5.87. The lowest BCUT2D eigenvalue weighted by Crippen LogP contribution is -2.00. The van der Waals surface area contributed by atoms with E-state index in [-0.39, 0.29) is 5.38 Å². The van der Waals surface area contributed by atoms with Crippen LogP contribution in [0, 0.1) is 3.57 Å². The molecule has 5 heteroatoms. The summed E-state index contributed by atoms with van der Waals surface area (Å²) in [7, 11) is 3.23. The summed E-state index contributed by atoms with van der Waals surface area (Å²) in [6.07, 6.45) is 0. The Morgan fingerprint density at radius 2 is 1.75 bits per heavy atom. The van der Waals surface area contributed by atoms with Crippen LogP contribution < -0.4 is 9.47 Å². The van der Waals surface area contributed by atoms with Crippen LogP contribution in [-0.2, 0) is 0 Å². The van der Waals surface area contributed by atoms with Gasteiger partial charge in [0, 0.05) is 20.2 Å². The molecular weight excluding hydrogens is 410 g/mol. The summed E-state index contributed by atoms with van der Waals surface area (Å²) < 4.78 is 11.7. The molecular formula is C15H13Cl2IO2. The van der Waals surface area contributed by atoms with Crippen LogP contribution in [0.4, 0.5) is 0 Å². The van der Waals surface area contributed by atoms with Gasteiger partial charge >= 0.3 is 0 Å². The molecule has 0 amide bonds. The van der Waals surface area contributed by atoms with E-state index in [1.165, 1.54) is 0 Å². The average Bonchev–Trinajstić information content (AvgIpc) is 2.48. The molecule has 0 spiro atoms. The first-order chi connectivity index (χ1) is 9.56. The number of halogens is 3. The van der Waals surface area contributed by atoms with Crippen LogP contribution in [0.2, 0.25) is 5.02 Å². The second-order valence-electron chi connectivity index (χ2n) is 4.14. The zero-order chi connectivity index (χ0) is 14.7. The molecule has 20 heavy (non-hydrogen) atoms. The zero-order valence-corrected chi connectivity index (χ0v) is 14.7. The highest BCUT2D eigenvalue weighted by molar-refractivity contribution is 14.1. The molecule has 0 saturated carbocycles. The van der Waals surface area contributed by atoms with E-state index in [1.807, 2.05) is 36.4 Å². The number of benzene rings is 2. The van der Waals surface area contributed by atoms with Gasteiger partial charge < -0.3 is 9.47 Å². The standard InChI is InChI=1S/C15H13Cl2IO2/c1-19-10-4-5-11(14(8-10)20-2)15(17)12-7-9(16)3-6-13(12)18/h3-8,15H,1-2H3. The molecule has 0 N–H and O–H groups in total. The van der Waals surface area contributed by atoms with E-state index in [4.69, 9.17) is 32.7 Å². The maximum absolute atomic E-state index is 6.60. The number of hydrogen-bond donors (Lipinski definition) is 0. The Balaban J connectivity index is 2.47. The quantitative estimate of drug-likeness (QED) is 0.492. The van der Waals surface area contributed by atoms with E-state index < -0.39 is 0 Å². The van der Waals surface area contributed by atoms with Crippen molar-refractivity contribution in [3.05, 3.63) is 56.1 Å². The summed E-state index contributed by atoms with van der Waals surface area (Å²) >= 11 is 14.9. The third kappa shape index (κ3) is 3.32. The van der Waals surface area contributed by atoms with E-state index in [2.05, 4.69) is 22.6 Å². The molecule has 0 aliphatic carbocycles. The number of methoxy groups -OCH3 is 2. The minimum Gasteiger partial charge on any atom is -0.497 e. The monoisotopic (exact) mass is 422 g/mol. The Labute approximate surface area is 142 Å². The van der Waals surface area contributed by atoms with Crippen molar-refractivity contribution in [1.29, 1.82) is 0 Å². The fraction of sp³-hybridized carbons (Fsp3) is 0.200. The highest BCUT2D eigenvalue weighted by atomic mass is 127. The molecule has 2 nitrogen and oxygen atoms in total. The predicted molar refractivity (Wildman–Crippen MR) is 91.4 cm³/mol. The summed E-state index contributed by atoms with van der Waals surface area (Å²) in [5.41, 5.74) is 1.85. The second-order valence-corrected chi connectivity index (χ2v) is 6.17. The van der Waals surface area contributed by atoms with Crippen LogP contribution in [-0.4, -0.2) is 14.2 Å². The minimum atomic E-state index is -0.332. The molecule has 0 aromatic heterocycles. The van der Waals surface area contributed by atoms with Gasteiger partial charge in [0.1, 0.15) is 11.5 Å². The van der Waals surface area contributed by atoms with Gasteiger partial charge in [-0.15, -0.1) is 11.6 Å². The number of ether oxygens (including phenoxy) is 2. The van der Waals surface area contributed by atoms with E-state index in [9.17, 15) is 0 Å². The molecule has 0 saturated heterocycles. The molecule has 0 fully saturated rings. The van der Waals surface area contributed by atoms with Crippen LogP contribution in [0.5, 0.6) is 11.5 Å². The highest BCUT2D eigenvalue weighted by Crippen LogP contribution is 2.39. The lowest BCUT2D eigenvalue weighted by Gasteiger charge is -2.17. The number of rotatable bonds is 4. The molecule has 1 unspecified atom stereocenters. The molecule has 0 heterocycles. The van der Waals surface area contributed by atoms with Crippen molar-refractivity contribution in [1.82, 2.24) is 0 Å². The van der Waals surface area contributed by atoms with Crippen molar-refractivity contribution in [2.24, 2.45) is 0 Å². The Hall–Kier alpha value is -0.650. The van der Waals surface area contributed by atoms with Gasteiger partial charge in [0.05, 0.1) is 19.6 Å². The average molecular weight is 423 g/mol. The summed E-state index contributed by atoms with van der Waals surface area (Å²) in [6, 6.07) is 11.3. The maximum Gasteiger partial charge on any atom is 0.127 e. The molecule has 106 valence electrons. The predicted octanol–water partition coefficient (Wildman–Crippen LogP) is 5.29. The Morgan fingerprint density at radius 1 is 1.00 bits per heavy atom. The molecule has 2 aromatic rings. The molecule has 0 aliphatic rings. The summed E-state index contributed by atoms with van der Waals surface area (Å²) in [6.45, 7) is 0. The van der Waals surface area contributed by atoms with Crippen molar-refractivity contribution in [2.45, 2.75) is 5.38 Å². The molecule has 1 atom stereocenters. The van der Waals surface area contributed by atoms with E-state index >= 15 is 0 Å². The third-order valence-electron chi connectivity index (χ3n) is 2.94. The van der Waals surface area contributed by atoms with Gasteiger partial charge in [-0.3, -0.25) is 0 Å². The number of alkyl halides is 1. The van der Waals surface area contributed by atoms with E-state index in [0.717, 1.165) is 20.4 Å². The van der Waals surface area contributed by atoms with Gasteiger partial charge in [0.25, 0.3) is 0 Å². The van der Waals surface area contributed by atoms with E-state index in [1.54, 1.807) is 14.2 Å². The Bertz CT molecular complexity index is 617. The number of hydrogen-bond acceptors (Lipinski definition) is 2. The van der Waals surface area contributed by atoms with E-state index in [0.29, 0.717) is 10.8 Å². The third-order valence-corrected chi connectivity index (χ3v) is 4.63. The molecule has 0 aliphatic heterocycles. The van der Waals surface area contributed by atoms with Gasteiger partial charge in [0.15, 0.2) is 0 Å². The lowest BCUT2D eigenvalue weighted by atomic mass is 10.0. The van der Waals surface area contributed by atoms with Gasteiger partial charge in [-0.05, 0) is 58.5 Å². The molecule has 2 aromatic carbocycles. The topological polar surface area (TPSA) is 18.5 Å². The summed E-state index contributed by atoms with van der Waals surface area (Å²) in [5, 5.41) is 0.333. The van der Waals surface area contributed by atoms with Crippen LogP contribution in [0.25, 0.3) is 0 Å². The van der Waals surface area contributed by atoms with Gasteiger partial charge in [-0.25, -0.2) is 0 Å². The van der Waals surface area contributed by atoms with Crippen molar-refractivity contribution in [2.75, 3.05) is 14.2 Å². The van der Waals surface area contributed by atoms with Crippen molar-refractivity contribution >= 4 is 45.8 Å². The fourth-order valence-corrected chi connectivity index (χ4v) is 3.28. The zero-order valence-electron chi connectivity index (χ0n) is 11.0. The largest absolute Gasteiger partial charge is 0.497 e. The summed E-state index contributed by atoms with van der Waals surface area (Å²) in [4.78, 5) is 0.